The summed E-state index contributed by atoms with van der Waals surface area (Å²) in [5, 5.41) is 2.81. The van der Waals surface area contributed by atoms with Crippen molar-refractivity contribution in [2.75, 3.05) is 24.5 Å². The van der Waals surface area contributed by atoms with Crippen molar-refractivity contribution in [3.05, 3.63) is 89.5 Å². The van der Waals surface area contributed by atoms with Crippen molar-refractivity contribution < 1.29 is 22.7 Å². The number of aryl methyl sites for hydroxylation is 2. The zero-order valence-electron chi connectivity index (χ0n) is 23.2. The minimum absolute atomic E-state index is 0.0598. The Bertz CT molecular complexity index is 1370. The van der Waals surface area contributed by atoms with Gasteiger partial charge < -0.3 is 15.0 Å². The van der Waals surface area contributed by atoms with Crippen LogP contribution in [0, 0.1) is 13.8 Å². The van der Waals surface area contributed by atoms with E-state index >= 15 is 0 Å². The molecule has 0 aliphatic heterocycles. The second-order valence-electron chi connectivity index (χ2n) is 9.35. The molecule has 8 nitrogen and oxygen atoms in total. The number of benzene rings is 3. The molecule has 208 valence electrons. The number of hydrogen-bond donors (Lipinski definition) is 1. The smallest absolute Gasteiger partial charge is 0.264 e. The molecule has 0 aromatic heterocycles. The van der Waals surface area contributed by atoms with Crippen molar-refractivity contribution in [2.45, 2.75) is 51.6 Å². The number of ether oxygens (including phenoxy) is 1. The number of sulfonamides is 1. The topological polar surface area (TPSA) is 96.0 Å². The van der Waals surface area contributed by atoms with Crippen LogP contribution in [0.2, 0.25) is 0 Å². The second kappa shape index (κ2) is 13.3. The number of nitrogens with zero attached hydrogens (tertiary/aromatic N) is 2. The molecule has 0 aliphatic carbocycles. The third-order valence-electron chi connectivity index (χ3n) is 6.44. The summed E-state index contributed by atoms with van der Waals surface area (Å²) < 4.78 is 34.2. The highest BCUT2D eigenvalue weighted by Gasteiger charge is 2.33. The second-order valence-corrected chi connectivity index (χ2v) is 11.2. The van der Waals surface area contributed by atoms with Gasteiger partial charge in [-0.25, -0.2) is 8.42 Å². The summed E-state index contributed by atoms with van der Waals surface area (Å²) in [6.07, 6.45) is 0.368. The van der Waals surface area contributed by atoms with Crippen LogP contribution in [0.25, 0.3) is 0 Å². The standard InChI is InChI=1S/C30H37N3O5S/c1-6-28(30(35)31-7-2)32(20-24-15-11-22(3)12-16-24)29(34)21-33(25-9-8-10-26(19-25)38-5)39(36,37)27-17-13-23(4)14-18-27/h8-19,28H,6-7,20-21H2,1-5H3,(H,31,35)/t28-/m1/s1. The molecule has 0 saturated carbocycles. The lowest BCUT2D eigenvalue weighted by molar-refractivity contribution is -0.140. The molecule has 2 amide bonds. The van der Waals surface area contributed by atoms with Gasteiger partial charge in [0.15, 0.2) is 0 Å². The number of nitrogens with one attached hydrogen (secondary N) is 1. The van der Waals surface area contributed by atoms with Gasteiger partial charge in [-0.2, -0.15) is 0 Å². The van der Waals surface area contributed by atoms with E-state index in [1.165, 1.54) is 24.1 Å². The number of hydrogen-bond acceptors (Lipinski definition) is 5. The average Bonchev–Trinajstić information content (AvgIpc) is 2.92. The fraction of sp³-hybridized carbons (Fsp3) is 0.333. The predicted octanol–water partition coefficient (Wildman–Crippen LogP) is 4.45. The highest BCUT2D eigenvalue weighted by Crippen LogP contribution is 2.28. The fourth-order valence-corrected chi connectivity index (χ4v) is 5.64. The van der Waals surface area contributed by atoms with Crippen LogP contribution in [0.15, 0.2) is 77.7 Å². The Kier molecular flexibility index (Phi) is 10.1. The summed E-state index contributed by atoms with van der Waals surface area (Å²) >= 11 is 0. The molecule has 1 N–H and O–H groups in total. The van der Waals surface area contributed by atoms with Crippen LogP contribution in [-0.2, 0) is 26.2 Å². The van der Waals surface area contributed by atoms with E-state index in [0.29, 0.717) is 18.7 Å². The average molecular weight is 552 g/mol. The summed E-state index contributed by atoms with van der Waals surface area (Å²) in [6, 6.07) is 20.0. The number of methoxy groups -OCH3 is 1. The lowest BCUT2D eigenvalue weighted by atomic mass is 10.1. The number of rotatable bonds is 12. The first kappa shape index (κ1) is 29.7. The Morgan fingerprint density at radius 3 is 2.10 bits per heavy atom. The molecule has 3 aromatic rings. The van der Waals surface area contributed by atoms with E-state index in [1.807, 2.05) is 52.0 Å². The Labute approximate surface area is 231 Å². The van der Waals surface area contributed by atoms with Crippen molar-refractivity contribution in [1.82, 2.24) is 10.2 Å². The molecule has 3 rings (SSSR count). The van der Waals surface area contributed by atoms with Crippen molar-refractivity contribution in [3.8, 4) is 5.75 Å². The van der Waals surface area contributed by atoms with Gasteiger partial charge in [-0.05, 0) is 57.0 Å². The first-order valence-electron chi connectivity index (χ1n) is 13.0. The van der Waals surface area contributed by atoms with Gasteiger partial charge in [0.05, 0.1) is 17.7 Å². The van der Waals surface area contributed by atoms with E-state index in [2.05, 4.69) is 5.32 Å². The van der Waals surface area contributed by atoms with Crippen molar-refractivity contribution in [1.29, 1.82) is 0 Å². The van der Waals surface area contributed by atoms with E-state index in [9.17, 15) is 18.0 Å². The molecule has 0 spiro atoms. The molecule has 9 heteroatoms. The highest BCUT2D eigenvalue weighted by atomic mass is 32.2. The van der Waals surface area contributed by atoms with Gasteiger partial charge in [-0.3, -0.25) is 13.9 Å². The van der Waals surface area contributed by atoms with Gasteiger partial charge in [-0.15, -0.1) is 0 Å². The lowest BCUT2D eigenvalue weighted by Gasteiger charge is -2.33. The Hall–Kier alpha value is -3.85. The van der Waals surface area contributed by atoms with Gasteiger partial charge in [0.25, 0.3) is 10.0 Å². The van der Waals surface area contributed by atoms with E-state index in [1.54, 1.807) is 36.4 Å². The van der Waals surface area contributed by atoms with Crippen LogP contribution in [0.5, 0.6) is 5.75 Å². The summed E-state index contributed by atoms with van der Waals surface area (Å²) in [7, 11) is -2.65. The van der Waals surface area contributed by atoms with E-state index < -0.39 is 28.5 Å². The Balaban J connectivity index is 2.07. The minimum Gasteiger partial charge on any atom is -0.497 e. The maximum atomic E-state index is 14.0. The van der Waals surface area contributed by atoms with E-state index in [-0.39, 0.29) is 23.0 Å². The third-order valence-corrected chi connectivity index (χ3v) is 8.23. The predicted molar refractivity (Wildman–Crippen MR) is 153 cm³/mol. The lowest BCUT2D eigenvalue weighted by Crippen LogP contribution is -2.52. The molecule has 0 radical (unpaired) electrons. The molecular weight excluding hydrogens is 514 g/mol. The molecule has 3 aromatic carbocycles. The minimum atomic E-state index is -4.14. The van der Waals surface area contributed by atoms with Gasteiger partial charge in [0.2, 0.25) is 11.8 Å². The van der Waals surface area contributed by atoms with Crippen molar-refractivity contribution >= 4 is 27.5 Å². The normalized spacial score (nSPS) is 11.9. The van der Waals surface area contributed by atoms with E-state index in [4.69, 9.17) is 4.74 Å². The molecule has 0 saturated heterocycles. The summed E-state index contributed by atoms with van der Waals surface area (Å²) in [4.78, 5) is 28.5. The van der Waals surface area contributed by atoms with E-state index in [0.717, 1.165) is 21.0 Å². The quantitative estimate of drug-likeness (QED) is 0.359. The third kappa shape index (κ3) is 7.38. The van der Waals surface area contributed by atoms with Crippen LogP contribution in [0.3, 0.4) is 0 Å². The largest absolute Gasteiger partial charge is 0.497 e. The first-order valence-corrected chi connectivity index (χ1v) is 14.4. The van der Waals surface area contributed by atoms with Crippen LogP contribution >= 0.6 is 0 Å². The maximum absolute atomic E-state index is 14.0. The first-order chi connectivity index (χ1) is 18.6. The molecule has 0 bridgehead atoms. The molecule has 1 atom stereocenters. The molecule has 0 aliphatic rings. The summed E-state index contributed by atoms with van der Waals surface area (Å²) in [5.74, 6) is -0.323. The van der Waals surface area contributed by atoms with Crippen LogP contribution in [-0.4, -0.2) is 51.4 Å². The van der Waals surface area contributed by atoms with Gasteiger partial charge in [0.1, 0.15) is 18.3 Å². The summed E-state index contributed by atoms with van der Waals surface area (Å²) in [5.41, 5.74) is 3.10. The summed E-state index contributed by atoms with van der Waals surface area (Å²) in [6.45, 7) is 7.57. The number of likely N-dealkylation sites (N-methyl/N-ethyl adjacent to an activating group) is 1. The number of anilines is 1. The molecular formula is C30H37N3O5S. The van der Waals surface area contributed by atoms with Gasteiger partial charge in [-0.1, -0.05) is 60.5 Å². The number of carbonyl (C=O) groups excluding carboxylic acids is 2. The van der Waals surface area contributed by atoms with Crippen LogP contribution < -0.4 is 14.4 Å². The van der Waals surface area contributed by atoms with Crippen LogP contribution in [0.4, 0.5) is 5.69 Å². The molecule has 0 unspecified atom stereocenters. The Morgan fingerprint density at radius 2 is 1.54 bits per heavy atom. The zero-order chi connectivity index (χ0) is 28.6. The number of carbonyl (C=O) groups is 2. The van der Waals surface area contributed by atoms with Gasteiger partial charge in [0, 0.05) is 19.2 Å². The SMILES string of the molecule is CCNC(=O)[C@@H](CC)N(Cc1ccc(C)cc1)C(=O)CN(c1cccc(OC)c1)S(=O)(=O)c1ccc(C)cc1. The number of amides is 2. The maximum Gasteiger partial charge on any atom is 0.264 e. The fourth-order valence-electron chi connectivity index (χ4n) is 4.23. The molecule has 0 heterocycles. The molecule has 0 fully saturated rings. The monoisotopic (exact) mass is 551 g/mol. The van der Waals surface area contributed by atoms with Crippen LogP contribution in [0.1, 0.15) is 37.0 Å². The van der Waals surface area contributed by atoms with Gasteiger partial charge >= 0.3 is 0 Å². The Morgan fingerprint density at radius 1 is 0.923 bits per heavy atom. The van der Waals surface area contributed by atoms with Crippen molar-refractivity contribution in [3.63, 3.8) is 0 Å². The zero-order valence-corrected chi connectivity index (χ0v) is 24.0. The highest BCUT2D eigenvalue weighted by molar-refractivity contribution is 7.92. The van der Waals surface area contributed by atoms with Crippen molar-refractivity contribution in [2.24, 2.45) is 0 Å². The molecule has 39 heavy (non-hydrogen) atoms.